The summed E-state index contributed by atoms with van der Waals surface area (Å²) in [4.78, 5) is 0. The largest absolute Gasteiger partial charge is 0.691 e. The molecule has 3 nitrogen and oxygen atoms in total. The van der Waals surface area contributed by atoms with Gasteiger partial charge in [-0.05, 0) is 92.8 Å². The molecular weight excluding hydrogens is 429 g/mol. The lowest BCUT2D eigenvalue weighted by atomic mass is 9.70. The predicted octanol–water partition coefficient (Wildman–Crippen LogP) is 6.25. The normalized spacial score (nSPS) is 43.6. The van der Waals surface area contributed by atoms with Crippen molar-refractivity contribution in [3.63, 3.8) is 0 Å². The molecule has 6 heteroatoms. The molecule has 0 aromatic carbocycles. The fourth-order valence-corrected chi connectivity index (χ4v) is 9.97. The standard InChI is InChI=1S/C20H35O2PS2.C4H11N/c1-17(2)13-7-9-19(5,11-13)15(17)21-23(24,25)22-16-18(3,4)14-8-10-20(16,6)12-14;1-4(2,3)5/h13-16H,7-12H2,1-6H3,(H,24,25);5H2,1-3H3/t13-,14-,15-,16-,19+,20+;/m0./s1. The van der Waals surface area contributed by atoms with Gasteiger partial charge < -0.3 is 27.0 Å². The molecule has 176 valence electrons. The molecule has 4 saturated carbocycles. The highest BCUT2D eigenvalue weighted by atomic mass is 32.9. The third-order valence-corrected chi connectivity index (χ3v) is 10.7. The summed E-state index contributed by atoms with van der Waals surface area (Å²) in [6, 6.07) is 0. The monoisotopic (exact) mass is 475 g/mol. The first-order valence-electron chi connectivity index (χ1n) is 11.8. The first-order valence-corrected chi connectivity index (χ1v) is 15.5. The Kier molecular flexibility index (Phi) is 6.55. The number of quaternary nitrogens is 1. The van der Waals surface area contributed by atoms with Crippen LogP contribution in [0.2, 0.25) is 0 Å². The fraction of sp³-hybridized carbons (Fsp3) is 1.00. The maximum atomic E-state index is 6.58. The smallest absolute Gasteiger partial charge is 0.0860 e. The number of hydrogen-bond acceptors (Lipinski definition) is 4. The molecule has 6 atom stereocenters. The van der Waals surface area contributed by atoms with E-state index in [1.807, 2.05) is 0 Å². The lowest BCUT2D eigenvalue weighted by Crippen LogP contribution is -2.67. The molecule has 30 heavy (non-hydrogen) atoms. The van der Waals surface area contributed by atoms with E-state index in [2.05, 4.69) is 68.0 Å². The van der Waals surface area contributed by atoms with E-state index in [1.165, 1.54) is 38.5 Å². The Morgan fingerprint density at radius 3 is 1.37 bits per heavy atom. The third-order valence-electron chi connectivity index (χ3n) is 8.74. The lowest BCUT2D eigenvalue weighted by molar-refractivity contribution is -0.458. The maximum absolute atomic E-state index is 6.58. The molecule has 0 unspecified atom stereocenters. The summed E-state index contributed by atoms with van der Waals surface area (Å²) < 4.78 is 13.2. The first kappa shape index (κ1) is 25.5. The summed E-state index contributed by atoms with van der Waals surface area (Å²) in [7, 11) is 0. The predicted molar refractivity (Wildman–Crippen MR) is 132 cm³/mol. The van der Waals surface area contributed by atoms with E-state index >= 15 is 0 Å². The molecule has 3 N–H and O–H groups in total. The average Bonchev–Trinajstić information content (AvgIpc) is 3.20. The summed E-state index contributed by atoms with van der Waals surface area (Å²) in [6.45, 7) is 20.4. The highest BCUT2D eigenvalue weighted by Gasteiger charge is 2.62. The minimum absolute atomic E-state index is 0.150. The van der Waals surface area contributed by atoms with Gasteiger partial charge in [-0.1, -0.05) is 53.3 Å². The van der Waals surface area contributed by atoms with Crippen LogP contribution in [-0.2, 0) is 33.1 Å². The second-order valence-electron chi connectivity index (χ2n) is 13.8. The average molecular weight is 476 g/mol. The second-order valence-corrected chi connectivity index (χ2v) is 18.7. The summed E-state index contributed by atoms with van der Waals surface area (Å²) in [5.74, 6) is 1.48. The topological polar surface area (TPSA) is 46.1 Å². The van der Waals surface area contributed by atoms with Crippen molar-refractivity contribution in [2.75, 3.05) is 0 Å². The number of rotatable bonds is 4. The molecule has 4 rings (SSSR count). The van der Waals surface area contributed by atoms with Crippen LogP contribution in [0.4, 0.5) is 0 Å². The highest BCUT2D eigenvalue weighted by Crippen LogP contribution is 2.70. The van der Waals surface area contributed by atoms with Gasteiger partial charge in [-0.25, -0.2) is 0 Å². The zero-order valence-corrected chi connectivity index (χ0v) is 23.4. The summed E-state index contributed by atoms with van der Waals surface area (Å²) in [5.41, 5.74) is 2.12. The van der Waals surface area contributed by atoms with Gasteiger partial charge in [0, 0.05) is 0 Å². The molecular formula is C24H46NO2PS2. The van der Waals surface area contributed by atoms with Crippen LogP contribution in [0.1, 0.15) is 101 Å². The third kappa shape index (κ3) is 4.73. The van der Waals surface area contributed by atoms with Crippen LogP contribution in [0.5, 0.6) is 0 Å². The number of fused-ring (bicyclic) bond motifs is 4. The highest BCUT2D eigenvalue weighted by molar-refractivity contribution is 8.51. The summed E-state index contributed by atoms with van der Waals surface area (Å²) >= 11 is 11.7. The first-order chi connectivity index (χ1) is 13.3. The van der Waals surface area contributed by atoms with E-state index in [-0.39, 0.29) is 39.4 Å². The van der Waals surface area contributed by atoms with Crippen LogP contribution in [0.25, 0.3) is 0 Å². The molecule has 4 fully saturated rings. The fourth-order valence-electron chi connectivity index (χ4n) is 7.32. The Balaban J connectivity index is 0.000000461. The molecule has 4 aliphatic carbocycles. The van der Waals surface area contributed by atoms with Crippen LogP contribution in [-0.4, -0.2) is 17.7 Å². The van der Waals surface area contributed by atoms with Gasteiger partial charge in [0.15, 0.2) is 0 Å². The van der Waals surface area contributed by atoms with Crippen LogP contribution in [0.3, 0.4) is 0 Å². The Bertz CT molecular complexity index is 653. The van der Waals surface area contributed by atoms with Gasteiger partial charge in [-0.3, -0.25) is 0 Å². The van der Waals surface area contributed by atoms with Crippen molar-refractivity contribution >= 4 is 29.7 Å². The van der Waals surface area contributed by atoms with Crippen molar-refractivity contribution in [3.05, 3.63) is 0 Å². The van der Waals surface area contributed by atoms with Gasteiger partial charge >= 0.3 is 0 Å². The van der Waals surface area contributed by atoms with Crippen LogP contribution in [0.15, 0.2) is 0 Å². The molecule has 0 radical (unpaired) electrons. The molecule has 0 aliphatic heterocycles. The molecule has 0 amide bonds. The van der Waals surface area contributed by atoms with E-state index in [1.54, 1.807) is 0 Å². The van der Waals surface area contributed by atoms with E-state index in [0.717, 1.165) is 11.8 Å². The summed E-state index contributed by atoms with van der Waals surface area (Å²) in [5, 5.41) is 0. The van der Waals surface area contributed by atoms with Gasteiger partial charge in [0.2, 0.25) is 0 Å². The van der Waals surface area contributed by atoms with Crippen LogP contribution in [0, 0.1) is 33.5 Å². The van der Waals surface area contributed by atoms with Crippen molar-refractivity contribution < 1.29 is 14.8 Å². The Labute approximate surface area is 196 Å². The van der Waals surface area contributed by atoms with E-state index in [9.17, 15) is 0 Å². The van der Waals surface area contributed by atoms with Crippen LogP contribution >= 0.6 is 5.69 Å². The Morgan fingerprint density at radius 2 is 1.13 bits per heavy atom. The second kappa shape index (κ2) is 7.70. The molecule has 0 heterocycles. The Morgan fingerprint density at radius 1 is 0.833 bits per heavy atom. The zero-order chi connectivity index (χ0) is 23.0. The van der Waals surface area contributed by atoms with Crippen molar-refractivity contribution in [3.8, 4) is 0 Å². The van der Waals surface area contributed by atoms with Crippen molar-refractivity contribution in [2.45, 2.75) is 119 Å². The quantitative estimate of drug-likeness (QED) is 0.386. The van der Waals surface area contributed by atoms with Gasteiger partial charge in [0.1, 0.15) is 0 Å². The van der Waals surface area contributed by atoms with Gasteiger partial charge in [0.05, 0.1) is 23.4 Å². The van der Waals surface area contributed by atoms with Gasteiger partial charge in [0.25, 0.3) is 0 Å². The van der Waals surface area contributed by atoms with E-state index in [0.29, 0.717) is 0 Å². The van der Waals surface area contributed by atoms with Crippen molar-refractivity contribution in [1.29, 1.82) is 0 Å². The zero-order valence-electron chi connectivity index (χ0n) is 20.8. The van der Waals surface area contributed by atoms with Crippen molar-refractivity contribution in [2.24, 2.45) is 33.5 Å². The Hall–Kier alpha value is 0.880. The molecule has 0 aromatic rings. The summed E-state index contributed by atoms with van der Waals surface area (Å²) in [6.07, 6.45) is 7.93. The van der Waals surface area contributed by atoms with Gasteiger partial charge in [-0.2, -0.15) is 0 Å². The van der Waals surface area contributed by atoms with E-state index < -0.39 is 5.69 Å². The molecule has 4 bridgehead atoms. The molecule has 0 aromatic heterocycles. The molecule has 0 saturated heterocycles. The lowest BCUT2D eigenvalue weighted by Gasteiger charge is -2.50. The van der Waals surface area contributed by atoms with E-state index in [4.69, 9.17) is 33.1 Å². The number of hydrogen-bond donors (Lipinski definition) is 1. The van der Waals surface area contributed by atoms with Crippen LogP contribution < -0.4 is 5.73 Å². The minimum atomic E-state index is -2.68. The molecule has 4 aliphatic rings. The van der Waals surface area contributed by atoms with Crippen molar-refractivity contribution in [1.82, 2.24) is 0 Å². The minimum Gasteiger partial charge on any atom is -0.691 e. The van der Waals surface area contributed by atoms with Gasteiger partial charge in [-0.15, -0.1) is 0 Å². The maximum Gasteiger partial charge on any atom is 0.0860 e. The SMILES string of the molecule is CC(C)(C)[NH3+].CC1(C)[C@H]2CC[C@](C)(C2)[C@H]1OP(=S)([S-])O[C@H]1C(C)(C)[C@H]2CC[C@]1(C)C2. The molecule has 0 spiro atoms.